The van der Waals surface area contributed by atoms with Crippen LogP contribution in [-0.4, -0.2) is 40.6 Å². The lowest BCUT2D eigenvalue weighted by Crippen LogP contribution is -2.49. The van der Waals surface area contributed by atoms with E-state index in [9.17, 15) is 10.2 Å². The van der Waals surface area contributed by atoms with Crippen LogP contribution >= 0.6 is 12.2 Å². The van der Waals surface area contributed by atoms with Gasteiger partial charge in [0.15, 0.2) is 5.11 Å². The van der Waals surface area contributed by atoms with Gasteiger partial charge in [-0.25, -0.2) is 0 Å². The Morgan fingerprint density at radius 1 is 0.903 bits per heavy atom. The molecule has 1 aromatic rings. The molecule has 0 heterocycles. The normalized spacial score (nSPS) is 13.3. The molecule has 0 saturated carbocycles. The Kier molecular flexibility index (Phi) is 17.2. The van der Waals surface area contributed by atoms with Crippen molar-refractivity contribution in [3.63, 3.8) is 0 Å². The molecule has 4 nitrogen and oxygen atoms in total. The Morgan fingerprint density at radius 2 is 1.45 bits per heavy atom. The van der Waals surface area contributed by atoms with E-state index in [1.54, 1.807) is 6.08 Å². The van der Waals surface area contributed by atoms with Crippen LogP contribution in [0.15, 0.2) is 36.4 Å². The maximum Gasteiger partial charge on any atom is 0.166 e. The lowest BCUT2D eigenvalue weighted by molar-refractivity contribution is 0.134. The van der Waals surface area contributed by atoms with Gasteiger partial charge in [-0.15, -0.1) is 0 Å². The smallest absolute Gasteiger partial charge is 0.166 e. The van der Waals surface area contributed by atoms with Crippen LogP contribution in [0.1, 0.15) is 89.5 Å². The highest BCUT2D eigenvalue weighted by Gasteiger charge is 2.16. The van der Waals surface area contributed by atoms with Gasteiger partial charge in [0.2, 0.25) is 0 Å². The van der Waals surface area contributed by atoms with Gasteiger partial charge >= 0.3 is 0 Å². The molecule has 0 radical (unpaired) electrons. The largest absolute Gasteiger partial charge is 0.394 e. The van der Waals surface area contributed by atoms with Crippen LogP contribution in [-0.2, 0) is 0 Å². The van der Waals surface area contributed by atoms with Crippen molar-refractivity contribution in [2.75, 3.05) is 13.2 Å². The van der Waals surface area contributed by atoms with Gasteiger partial charge in [0.05, 0.1) is 18.8 Å². The Morgan fingerprint density at radius 3 is 2.00 bits per heavy atom. The van der Waals surface area contributed by atoms with Crippen molar-refractivity contribution in [3.05, 3.63) is 42.0 Å². The molecule has 0 bridgehead atoms. The second-order valence-electron chi connectivity index (χ2n) is 8.34. The van der Waals surface area contributed by atoms with Gasteiger partial charge in [-0.05, 0) is 24.2 Å². The molecule has 0 amide bonds. The van der Waals surface area contributed by atoms with Gasteiger partial charge in [-0.2, -0.15) is 0 Å². The molecule has 0 saturated heterocycles. The number of unbranched alkanes of at least 4 members (excludes halogenated alkanes) is 11. The number of nitrogens with one attached hydrogen (secondary N) is 2. The summed E-state index contributed by atoms with van der Waals surface area (Å²) in [5.74, 6) is 0. The Bertz CT molecular complexity index is 580. The number of benzene rings is 1. The number of hydrogen-bond acceptors (Lipinski definition) is 3. The maximum atomic E-state index is 10.3. The topological polar surface area (TPSA) is 64.5 Å². The summed E-state index contributed by atoms with van der Waals surface area (Å²) in [6.45, 7) is 2.89. The average molecular weight is 449 g/mol. The van der Waals surface area contributed by atoms with Gasteiger partial charge in [0, 0.05) is 6.54 Å². The third kappa shape index (κ3) is 15.1. The van der Waals surface area contributed by atoms with E-state index >= 15 is 0 Å². The zero-order valence-electron chi connectivity index (χ0n) is 19.4. The van der Waals surface area contributed by atoms with Crippen LogP contribution in [0.3, 0.4) is 0 Å². The summed E-state index contributed by atoms with van der Waals surface area (Å²) in [5.41, 5.74) is 1.01. The third-order valence-electron chi connectivity index (χ3n) is 5.53. The molecular formula is C26H44N2O2S. The zero-order chi connectivity index (χ0) is 22.6. The van der Waals surface area contributed by atoms with Gasteiger partial charge in [-0.3, -0.25) is 0 Å². The summed E-state index contributed by atoms with van der Waals surface area (Å²) in [6, 6.07) is 9.25. The highest BCUT2D eigenvalue weighted by Crippen LogP contribution is 2.11. The summed E-state index contributed by atoms with van der Waals surface area (Å²) < 4.78 is 0. The van der Waals surface area contributed by atoms with Crippen LogP contribution in [0.25, 0.3) is 6.08 Å². The van der Waals surface area contributed by atoms with Crippen molar-refractivity contribution in [1.29, 1.82) is 0 Å². The highest BCUT2D eigenvalue weighted by molar-refractivity contribution is 7.80. The molecule has 2 unspecified atom stereocenters. The van der Waals surface area contributed by atoms with E-state index in [0.29, 0.717) is 5.11 Å². The minimum absolute atomic E-state index is 0.194. The van der Waals surface area contributed by atoms with Gasteiger partial charge in [0.25, 0.3) is 0 Å². The van der Waals surface area contributed by atoms with E-state index in [1.807, 2.05) is 36.4 Å². The molecule has 2 atom stereocenters. The first kappa shape index (κ1) is 27.6. The molecule has 0 aromatic heterocycles. The molecule has 0 aliphatic heterocycles. The fraction of sp³-hybridized carbons (Fsp3) is 0.654. The van der Waals surface area contributed by atoms with E-state index in [1.165, 1.54) is 70.6 Å². The van der Waals surface area contributed by atoms with Crippen LogP contribution in [0.5, 0.6) is 0 Å². The van der Waals surface area contributed by atoms with Crippen LogP contribution in [0.4, 0.5) is 0 Å². The summed E-state index contributed by atoms with van der Waals surface area (Å²) in [6.07, 6.45) is 18.6. The Labute approximate surface area is 195 Å². The summed E-state index contributed by atoms with van der Waals surface area (Å²) in [7, 11) is 0. The highest BCUT2D eigenvalue weighted by atomic mass is 32.1. The van der Waals surface area contributed by atoms with E-state index in [4.69, 9.17) is 12.2 Å². The van der Waals surface area contributed by atoms with Gasteiger partial charge < -0.3 is 20.8 Å². The van der Waals surface area contributed by atoms with E-state index in [-0.39, 0.29) is 6.61 Å². The first-order valence-electron chi connectivity index (χ1n) is 12.2. The summed E-state index contributed by atoms with van der Waals surface area (Å²) in [4.78, 5) is 0. The number of aliphatic hydroxyl groups excluding tert-OH is 2. The predicted octanol–water partition coefficient (Wildman–Crippen LogP) is 5.59. The lowest BCUT2D eigenvalue weighted by atomic mass is 10.1. The van der Waals surface area contributed by atoms with Crippen molar-refractivity contribution in [2.45, 2.75) is 96.1 Å². The van der Waals surface area contributed by atoms with Crippen molar-refractivity contribution in [2.24, 2.45) is 0 Å². The van der Waals surface area contributed by atoms with Gasteiger partial charge in [0.1, 0.15) is 0 Å². The molecule has 1 rings (SSSR count). The number of rotatable bonds is 18. The average Bonchev–Trinajstić information content (AvgIpc) is 2.79. The number of hydrogen-bond donors (Lipinski definition) is 4. The maximum absolute atomic E-state index is 10.3. The van der Waals surface area contributed by atoms with E-state index in [2.05, 4.69) is 17.6 Å². The second kappa shape index (κ2) is 19.3. The van der Waals surface area contributed by atoms with Crippen LogP contribution < -0.4 is 10.6 Å². The molecule has 176 valence electrons. The molecule has 5 heteroatoms. The number of aliphatic hydroxyl groups is 2. The third-order valence-corrected chi connectivity index (χ3v) is 5.79. The van der Waals surface area contributed by atoms with Crippen molar-refractivity contribution >= 4 is 23.4 Å². The summed E-state index contributed by atoms with van der Waals surface area (Å²) in [5, 5.41) is 26.6. The fourth-order valence-electron chi connectivity index (χ4n) is 3.53. The monoisotopic (exact) mass is 448 g/mol. The lowest BCUT2D eigenvalue weighted by Gasteiger charge is -2.22. The summed E-state index contributed by atoms with van der Waals surface area (Å²) >= 11 is 5.31. The predicted molar refractivity (Wildman–Crippen MR) is 137 cm³/mol. The molecule has 4 N–H and O–H groups in total. The second-order valence-corrected chi connectivity index (χ2v) is 8.75. The number of thiocarbonyl (C=S) groups is 1. The van der Waals surface area contributed by atoms with Crippen molar-refractivity contribution in [1.82, 2.24) is 10.6 Å². The standard InChI is InChI=1S/C26H44N2O2S/c1-2-3-4-5-6-7-8-9-10-11-12-16-21-27-26(31)28-24(22-29)25(30)20-19-23-17-14-13-15-18-23/h13-15,17-20,24-25,29-30H,2-12,16,21-22H2,1H3,(H2,27,28,31). The van der Waals surface area contributed by atoms with Crippen LogP contribution in [0.2, 0.25) is 0 Å². The van der Waals surface area contributed by atoms with Gasteiger partial charge in [-0.1, -0.05) is 120 Å². The Hall–Kier alpha value is -1.43. The van der Waals surface area contributed by atoms with Crippen molar-refractivity contribution in [3.8, 4) is 0 Å². The SMILES string of the molecule is CCCCCCCCCCCCCCNC(=S)NC(CO)C(O)C=Cc1ccccc1. The Balaban J connectivity index is 2.04. The van der Waals surface area contributed by atoms with E-state index < -0.39 is 12.1 Å². The first-order valence-corrected chi connectivity index (χ1v) is 12.6. The molecule has 31 heavy (non-hydrogen) atoms. The molecule has 0 aliphatic carbocycles. The first-order chi connectivity index (χ1) is 15.2. The van der Waals surface area contributed by atoms with Crippen molar-refractivity contribution < 1.29 is 10.2 Å². The fourth-order valence-corrected chi connectivity index (χ4v) is 3.79. The minimum Gasteiger partial charge on any atom is -0.394 e. The molecule has 0 aliphatic rings. The zero-order valence-corrected chi connectivity index (χ0v) is 20.2. The minimum atomic E-state index is -0.823. The quantitative estimate of drug-likeness (QED) is 0.174. The molecule has 1 aromatic carbocycles. The van der Waals surface area contributed by atoms with E-state index in [0.717, 1.165) is 18.5 Å². The molecule has 0 spiro atoms. The molecule has 0 fully saturated rings. The molecular weight excluding hydrogens is 404 g/mol. The van der Waals surface area contributed by atoms with Crippen LogP contribution in [0, 0.1) is 0 Å².